The Morgan fingerprint density at radius 3 is 3.00 bits per heavy atom. The van der Waals surface area contributed by atoms with Crippen molar-refractivity contribution in [1.29, 1.82) is 0 Å². The number of fused-ring (bicyclic) bond motifs is 1. The maximum atomic E-state index is 11.8. The quantitative estimate of drug-likeness (QED) is 0.809. The Balaban J connectivity index is 2.03. The highest BCUT2D eigenvalue weighted by Crippen LogP contribution is 2.35. The lowest BCUT2D eigenvalue weighted by Gasteiger charge is -2.13. The van der Waals surface area contributed by atoms with Gasteiger partial charge in [-0.3, -0.25) is 4.79 Å². The summed E-state index contributed by atoms with van der Waals surface area (Å²) in [6.45, 7) is 6.95. The van der Waals surface area contributed by atoms with Gasteiger partial charge >= 0.3 is 0 Å². The first kappa shape index (κ1) is 16.6. The number of hydrogen-bond donors (Lipinski definition) is 2. The third kappa shape index (κ3) is 4.37. The molecular weight excluding hydrogens is 280 g/mol. The van der Waals surface area contributed by atoms with Crippen LogP contribution in [0.3, 0.4) is 0 Å². The topological polar surface area (TPSA) is 73.6 Å². The third-order valence-corrected chi connectivity index (χ3v) is 3.68. The summed E-state index contributed by atoms with van der Waals surface area (Å²) < 4.78 is 11.5. The molecule has 2 rings (SSSR count). The van der Waals surface area contributed by atoms with E-state index in [4.69, 9.17) is 15.2 Å². The van der Waals surface area contributed by atoms with Crippen molar-refractivity contribution in [3.8, 4) is 11.5 Å². The Kier molecular flexibility index (Phi) is 5.66. The molecule has 122 valence electrons. The molecule has 2 unspecified atom stereocenters. The van der Waals surface area contributed by atoms with Crippen LogP contribution in [0.15, 0.2) is 12.1 Å². The molecule has 0 saturated carbocycles. The first-order chi connectivity index (χ1) is 10.5. The van der Waals surface area contributed by atoms with Gasteiger partial charge in [-0.15, -0.1) is 0 Å². The standard InChI is InChI=1S/C17H26N2O3/c1-4-21-15-8-13-7-12(3)22-16(13)9-14(15)10-19-17(20)6-5-11(2)18/h8-9,11-12H,4-7,10,18H2,1-3H3,(H,19,20). The SMILES string of the molecule is CCOc1cc2c(cc1CNC(=O)CCC(C)N)OC(C)C2. The van der Waals surface area contributed by atoms with E-state index >= 15 is 0 Å². The van der Waals surface area contributed by atoms with E-state index in [1.165, 1.54) is 5.56 Å². The van der Waals surface area contributed by atoms with Crippen molar-refractivity contribution in [2.75, 3.05) is 6.61 Å². The highest BCUT2D eigenvalue weighted by molar-refractivity contribution is 5.76. The van der Waals surface area contributed by atoms with Crippen LogP contribution < -0.4 is 20.5 Å². The molecule has 1 aliphatic heterocycles. The van der Waals surface area contributed by atoms with Gasteiger partial charge in [0.1, 0.15) is 17.6 Å². The molecule has 22 heavy (non-hydrogen) atoms. The first-order valence-electron chi connectivity index (χ1n) is 7.97. The minimum Gasteiger partial charge on any atom is -0.494 e. The van der Waals surface area contributed by atoms with E-state index in [9.17, 15) is 4.79 Å². The van der Waals surface area contributed by atoms with Crippen LogP contribution in [0.25, 0.3) is 0 Å². The van der Waals surface area contributed by atoms with Gasteiger partial charge in [0, 0.05) is 36.6 Å². The summed E-state index contributed by atoms with van der Waals surface area (Å²) in [5, 5.41) is 2.93. The predicted octanol–water partition coefficient (Wildman–Crippen LogP) is 2.15. The number of rotatable bonds is 7. The van der Waals surface area contributed by atoms with Crippen LogP contribution in [0, 0.1) is 0 Å². The molecule has 0 bridgehead atoms. The van der Waals surface area contributed by atoms with Crippen LogP contribution in [-0.2, 0) is 17.8 Å². The van der Waals surface area contributed by atoms with E-state index in [-0.39, 0.29) is 18.1 Å². The monoisotopic (exact) mass is 306 g/mol. The van der Waals surface area contributed by atoms with Crippen molar-refractivity contribution < 1.29 is 14.3 Å². The highest BCUT2D eigenvalue weighted by Gasteiger charge is 2.22. The first-order valence-corrected chi connectivity index (χ1v) is 7.97. The summed E-state index contributed by atoms with van der Waals surface area (Å²) in [5.74, 6) is 1.73. The highest BCUT2D eigenvalue weighted by atomic mass is 16.5. The van der Waals surface area contributed by atoms with E-state index < -0.39 is 0 Å². The fraction of sp³-hybridized carbons (Fsp3) is 0.588. The molecule has 1 heterocycles. The molecule has 5 nitrogen and oxygen atoms in total. The van der Waals surface area contributed by atoms with Gasteiger partial charge in [-0.25, -0.2) is 0 Å². The van der Waals surface area contributed by atoms with Crippen LogP contribution in [0.4, 0.5) is 0 Å². The van der Waals surface area contributed by atoms with Gasteiger partial charge in [0.2, 0.25) is 5.91 Å². The fourth-order valence-electron chi connectivity index (χ4n) is 2.55. The van der Waals surface area contributed by atoms with Crippen LogP contribution in [0.5, 0.6) is 11.5 Å². The van der Waals surface area contributed by atoms with Gasteiger partial charge in [-0.2, -0.15) is 0 Å². The number of benzene rings is 1. The lowest BCUT2D eigenvalue weighted by atomic mass is 10.1. The largest absolute Gasteiger partial charge is 0.494 e. The van der Waals surface area contributed by atoms with Crippen molar-refractivity contribution >= 4 is 5.91 Å². The average Bonchev–Trinajstić information content (AvgIpc) is 2.82. The molecule has 3 N–H and O–H groups in total. The van der Waals surface area contributed by atoms with E-state index in [0.29, 0.717) is 26.0 Å². The number of amides is 1. The average molecular weight is 306 g/mol. The van der Waals surface area contributed by atoms with Gasteiger partial charge in [0.05, 0.1) is 6.61 Å². The molecule has 0 fully saturated rings. The Bertz CT molecular complexity index is 529. The van der Waals surface area contributed by atoms with Crippen LogP contribution >= 0.6 is 0 Å². The van der Waals surface area contributed by atoms with Crippen LogP contribution in [0.1, 0.15) is 44.7 Å². The van der Waals surface area contributed by atoms with E-state index in [0.717, 1.165) is 23.5 Å². The molecule has 0 saturated heterocycles. The van der Waals surface area contributed by atoms with Crippen molar-refractivity contribution in [2.45, 2.75) is 58.7 Å². The van der Waals surface area contributed by atoms with Gasteiger partial charge in [0.15, 0.2) is 0 Å². The summed E-state index contributed by atoms with van der Waals surface area (Å²) in [6, 6.07) is 4.06. The molecular formula is C17H26N2O3. The number of hydrogen-bond acceptors (Lipinski definition) is 4. The summed E-state index contributed by atoms with van der Waals surface area (Å²) in [7, 11) is 0. The molecule has 0 spiro atoms. The lowest BCUT2D eigenvalue weighted by Crippen LogP contribution is -2.25. The Hall–Kier alpha value is -1.75. The molecule has 1 aliphatic rings. The number of nitrogens with one attached hydrogen (secondary N) is 1. The second-order valence-corrected chi connectivity index (χ2v) is 5.93. The second kappa shape index (κ2) is 7.49. The summed E-state index contributed by atoms with van der Waals surface area (Å²) >= 11 is 0. The zero-order valence-corrected chi connectivity index (χ0v) is 13.6. The Morgan fingerprint density at radius 2 is 2.32 bits per heavy atom. The maximum absolute atomic E-state index is 11.8. The van der Waals surface area contributed by atoms with E-state index in [2.05, 4.69) is 12.2 Å². The molecule has 1 aromatic carbocycles. The molecule has 0 aromatic heterocycles. The van der Waals surface area contributed by atoms with Crippen molar-refractivity contribution in [1.82, 2.24) is 5.32 Å². The summed E-state index contributed by atoms with van der Waals surface area (Å²) in [4.78, 5) is 11.8. The molecule has 1 aromatic rings. The van der Waals surface area contributed by atoms with Gasteiger partial charge < -0.3 is 20.5 Å². The lowest BCUT2D eigenvalue weighted by molar-refractivity contribution is -0.121. The van der Waals surface area contributed by atoms with Gasteiger partial charge in [-0.05, 0) is 39.3 Å². The Labute approximate surface area is 132 Å². The van der Waals surface area contributed by atoms with Crippen LogP contribution in [0.2, 0.25) is 0 Å². The van der Waals surface area contributed by atoms with Crippen molar-refractivity contribution in [2.24, 2.45) is 5.73 Å². The van der Waals surface area contributed by atoms with Gasteiger partial charge in [-0.1, -0.05) is 0 Å². The maximum Gasteiger partial charge on any atom is 0.220 e. The Morgan fingerprint density at radius 1 is 1.55 bits per heavy atom. The van der Waals surface area contributed by atoms with Crippen molar-refractivity contribution in [3.05, 3.63) is 23.3 Å². The third-order valence-electron chi connectivity index (χ3n) is 3.68. The number of carbonyl (C=O) groups is 1. The number of nitrogens with two attached hydrogens (primary N) is 1. The minimum absolute atomic E-state index is 0.00883. The fourth-order valence-corrected chi connectivity index (χ4v) is 2.55. The van der Waals surface area contributed by atoms with Gasteiger partial charge in [0.25, 0.3) is 0 Å². The second-order valence-electron chi connectivity index (χ2n) is 5.93. The molecule has 0 aliphatic carbocycles. The minimum atomic E-state index is 0.00883. The molecule has 5 heteroatoms. The zero-order valence-electron chi connectivity index (χ0n) is 13.6. The smallest absolute Gasteiger partial charge is 0.220 e. The van der Waals surface area contributed by atoms with E-state index in [1.807, 2.05) is 26.0 Å². The van der Waals surface area contributed by atoms with Crippen molar-refractivity contribution in [3.63, 3.8) is 0 Å². The summed E-state index contributed by atoms with van der Waals surface area (Å²) in [6.07, 6.45) is 2.23. The van der Waals surface area contributed by atoms with E-state index in [1.54, 1.807) is 0 Å². The van der Waals surface area contributed by atoms with Crippen LogP contribution in [-0.4, -0.2) is 24.7 Å². The normalized spacial score (nSPS) is 17.5. The number of ether oxygens (including phenoxy) is 2. The predicted molar refractivity (Wildman–Crippen MR) is 86.1 cm³/mol. The molecule has 0 radical (unpaired) electrons. The molecule has 2 atom stereocenters. The molecule has 1 amide bonds. The summed E-state index contributed by atoms with van der Waals surface area (Å²) in [5.41, 5.74) is 7.79. The number of carbonyl (C=O) groups excluding carboxylic acids is 1. The zero-order chi connectivity index (χ0) is 16.1.